The van der Waals surface area contributed by atoms with Crippen LogP contribution < -0.4 is 0 Å². The highest BCUT2D eigenvalue weighted by atomic mass is 16.6. The summed E-state index contributed by atoms with van der Waals surface area (Å²) in [6, 6.07) is 0. The Morgan fingerprint density at radius 3 is 2.75 bits per heavy atom. The number of amides is 1. The molecule has 0 atom stereocenters. The number of hydrogen-bond acceptors (Lipinski definition) is 5. The van der Waals surface area contributed by atoms with Crippen LogP contribution in [0.3, 0.4) is 0 Å². The predicted molar refractivity (Wildman–Crippen MR) is 83.5 cm³/mol. The lowest BCUT2D eigenvalue weighted by Gasteiger charge is -2.31. The quantitative estimate of drug-likeness (QED) is 0.480. The molecule has 8 heteroatoms. The molecule has 0 fully saturated rings. The van der Waals surface area contributed by atoms with Crippen molar-refractivity contribution in [2.45, 2.75) is 20.3 Å². The molecule has 1 aliphatic carbocycles. The van der Waals surface area contributed by atoms with Crippen molar-refractivity contribution < 1.29 is 24.4 Å². The van der Waals surface area contributed by atoms with E-state index in [0.29, 0.717) is 18.1 Å². The Morgan fingerprint density at radius 2 is 2.12 bits per heavy atom. The maximum Gasteiger partial charge on any atom is 0.328 e. The second-order valence-electron chi connectivity index (χ2n) is 5.82. The van der Waals surface area contributed by atoms with Crippen molar-refractivity contribution in [1.82, 2.24) is 4.90 Å². The van der Waals surface area contributed by atoms with Crippen molar-refractivity contribution in [3.8, 4) is 0 Å². The maximum atomic E-state index is 12.0. The number of aliphatic carboxylic acids is 1. The number of carbonyl (C=O) groups is 2. The van der Waals surface area contributed by atoms with Crippen LogP contribution in [0.4, 0.5) is 0 Å². The lowest BCUT2D eigenvalue weighted by Crippen LogP contribution is -2.27. The molecule has 0 aromatic carbocycles. The lowest BCUT2D eigenvalue weighted by molar-refractivity contribution is -0.421. The molecule has 0 unspecified atom stereocenters. The van der Waals surface area contributed by atoms with Gasteiger partial charge in [-0.2, -0.15) is 0 Å². The Hall–Kier alpha value is -3.16. The van der Waals surface area contributed by atoms with Crippen LogP contribution in [0.2, 0.25) is 0 Å². The summed E-state index contributed by atoms with van der Waals surface area (Å²) >= 11 is 0. The van der Waals surface area contributed by atoms with E-state index in [4.69, 9.17) is 9.84 Å². The summed E-state index contributed by atoms with van der Waals surface area (Å²) < 4.78 is 5.39. The molecule has 1 aliphatic heterocycles. The minimum Gasteiger partial charge on any atom is -0.478 e. The molecule has 0 bridgehead atoms. The number of ether oxygens (including phenoxy) is 1. The first-order valence-electron chi connectivity index (χ1n) is 7.07. The van der Waals surface area contributed by atoms with Gasteiger partial charge in [0.25, 0.3) is 11.6 Å². The fourth-order valence-corrected chi connectivity index (χ4v) is 2.47. The largest absolute Gasteiger partial charge is 0.478 e. The third-order valence-corrected chi connectivity index (χ3v) is 3.58. The molecule has 2 aliphatic rings. The van der Waals surface area contributed by atoms with Crippen LogP contribution in [0.25, 0.3) is 0 Å². The molecule has 0 aromatic heterocycles. The Kier molecular flexibility index (Phi) is 4.68. The average molecular weight is 332 g/mol. The van der Waals surface area contributed by atoms with E-state index in [1.54, 1.807) is 6.08 Å². The number of nitro groups is 1. The normalized spacial score (nSPS) is 19.2. The molecule has 0 radical (unpaired) electrons. The van der Waals surface area contributed by atoms with Crippen LogP contribution >= 0.6 is 0 Å². The van der Waals surface area contributed by atoms with E-state index in [1.165, 1.54) is 24.7 Å². The summed E-state index contributed by atoms with van der Waals surface area (Å²) in [6.45, 7) is 3.68. The molecule has 0 saturated carbocycles. The molecule has 8 nitrogen and oxygen atoms in total. The van der Waals surface area contributed by atoms with Gasteiger partial charge in [-0.05, 0) is 6.42 Å². The predicted octanol–water partition coefficient (Wildman–Crippen LogP) is 2.32. The maximum absolute atomic E-state index is 12.0. The fourth-order valence-electron chi connectivity index (χ4n) is 2.47. The Labute approximate surface area is 137 Å². The minimum absolute atomic E-state index is 0.0960. The van der Waals surface area contributed by atoms with Crippen LogP contribution in [-0.2, 0) is 14.3 Å². The minimum atomic E-state index is -1.25. The van der Waals surface area contributed by atoms with Crippen molar-refractivity contribution in [2.75, 3.05) is 0 Å². The highest BCUT2D eigenvalue weighted by Gasteiger charge is 2.37. The molecule has 1 heterocycles. The van der Waals surface area contributed by atoms with Crippen LogP contribution in [0.5, 0.6) is 0 Å². The molecule has 0 spiro atoms. The van der Waals surface area contributed by atoms with E-state index < -0.39 is 22.2 Å². The number of carboxylic acid groups (broad SMARTS) is 1. The van der Waals surface area contributed by atoms with Gasteiger partial charge in [0.2, 0.25) is 0 Å². The first-order chi connectivity index (χ1) is 11.2. The first kappa shape index (κ1) is 17.2. The van der Waals surface area contributed by atoms with Gasteiger partial charge in [0.15, 0.2) is 5.76 Å². The van der Waals surface area contributed by atoms with Crippen molar-refractivity contribution in [3.05, 3.63) is 70.1 Å². The summed E-state index contributed by atoms with van der Waals surface area (Å²) in [5, 5.41) is 19.9. The van der Waals surface area contributed by atoms with Gasteiger partial charge in [-0.3, -0.25) is 19.8 Å². The van der Waals surface area contributed by atoms with Crippen LogP contribution in [0.15, 0.2) is 60.0 Å². The number of carboxylic acids is 1. The molecule has 2 rings (SSSR count). The zero-order valence-electron chi connectivity index (χ0n) is 13.1. The molecular formula is C16H16N2O6. The van der Waals surface area contributed by atoms with Gasteiger partial charge in [0, 0.05) is 29.8 Å². The van der Waals surface area contributed by atoms with Gasteiger partial charge in [0.1, 0.15) is 6.26 Å². The number of hydrogen-bond donors (Lipinski definition) is 1. The molecule has 126 valence electrons. The standard InChI is InChI=1S/C16H16N2O6/c1-16(2)7-3-4-11(18(22)23)15(16)12-10-17(8-9-24-12)13(19)5-6-14(20)21/h3-6,8-10H,7H2,1-2H3,(H,20,21)/b6-5+. The van der Waals surface area contributed by atoms with Gasteiger partial charge in [0.05, 0.1) is 16.7 Å². The van der Waals surface area contributed by atoms with Gasteiger partial charge in [-0.25, -0.2) is 4.79 Å². The van der Waals surface area contributed by atoms with Crippen molar-refractivity contribution in [2.24, 2.45) is 5.41 Å². The van der Waals surface area contributed by atoms with E-state index in [1.807, 2.05) is 13.8 Å². The van der Waals surface area contributed by atoms with Crippen LogP contribution in [0.1, 0.15) is 20.3 Å². The molecule has 1 amide bonds. The highest BCUT2D eigenvalue weighted by molar-refractivity contribution is 5.95. The summed E-state index contributed by atoms with van der Waals surface area (Å²) in [5.74, 6) is -1.68. The molecular weight excluding hydrogens is 316 g/mol. The first-order valence-corrected chi connectivity index (χ1v) is 7.07. The van der Waals surface area contributed by atoms with Gasteiger partial charge < -0.3 is 9.84 Å². The number of carbonyl (C=O) groups excluding carboxylic acids is 1. The Morgan fingerprint density at radius 1 is 1.42 bits per heavy atom. The number of rotatable bonds is 4. The Balaban J connectivity index is 2.42. The van der Waals surface area contributed by atoms with E-state index in [2.05, 4.69) is 0 Å². The number of allylic oxidation sites excluding steroid dienone is 3. The SMILES string of the molecule is CC1(C)CC=CC([N+](=O)[O-])=C1C1=CN(C(=O)/C=C/C(=O)O)C=CO1. The molecule has 1 N–H and O–H groups in total. The molecule has 0 saturated heterocycles. The Bertz CT molecular complexity index is 740. The van der Waals surface area contributed by atoms with E-state index in [0.717, 1.165) is 11.0 Å². The lowest BCUT2D eigenvalue weighted by atomic mass is 9.76. The van der Waals surface area contributed by atoms with Gasteiger partial charge in [-0.1, -0.05) is 19.9 Å². The van der Waals surface area contributed by atoms with E-state index in [-0.39, 0.29) is 11.5 Å². The third kappa shape index (κ3) is 3.60. The van der Waals surface area contributed by atoms with E-state index >= 15 is 0 Å². The fraction of sp³-hybridized carbons (Fsp3) is 0.250. The highest BCUT2D eigenvalue weighted by Crippen LogP contribution is 2.42. The van der Waals surface area contributed by atoms with Gasteiger partial charge in [-0.15, -0.1) is 0 Å². The third-order valence-electron chi connectivity index (χ3n) is 3.58. The topological polar surface area (TPSA) is 110 Å². The smallest absolute Gasteiger partial charge is 0.328 e. The zero-order valence-corrected chi connectivity index (χ0v) is 13.1. The van der Waals surface area contributed by atoms with Crippen LogP contribution in [-0.4, -0.2) is 26.8 Å². The number of nitrogens with zero attached hydrogens (tertiary/aromatic N) is 2. The van der Waals surface area contributed by atoms with Crippen molar-refractivity contribution in [3.63, 3.8) is 0 Å². The van der Waals surface area contributed by atoms with Crippen molar-refractivity contribution in [1.29, 1.82) is 0 Å². The monoisotopic (exact) mass is 332 g/mol. The summed E-state index contributed by atoms with van der Waals surface area (Å²) in [4.78, 5) is 34.4. The second kappa shape index (κ2) is 6.53. The van der Waals surface area contributed by atoms with Crippen LogP contribution in [0, 0.1) is 15.5 Å². The molecule has 0 aromatic rings. The van der Waals surface area contributed by atoms with Gasteiger partial charge >= 0.3 is 5.97 Å². The average Bonchev–Trinajstić information content (AvgIpc) is 2.51. The summed E-state index contributed by atoms with van der Waals surface area (Å²) in [5.41, 5.74) is -0.277. The van der Waals surface area contributed by atoms with Crippen molar-refractivity contribution >= 4 is 11.9 Å². The summed E-state index contributed by atoms with van der Waals surface area (Å²) in [6.07, 6.45) is 9.16. The zero-order chi connectivity index (χ0) is 17.9. The second-order valence-corrected chi connectivity index (χ2v) is 5.82. The molecule has 24 heavy (non-hydrogen) atoms. The summed E-state index contributed by atoms with van der Waals surface area (Å²) in [7, 11) is 0. The van der Waals surface area contributed by atoms with E-state index in [9.17, 15) is 19.7 Å².